The van der Waals surface area contributed by atoms with E-state index >= 15 is 0 Å². The van der Waals surface area contributed by atoms with Crippen LogP contribution in [0.4, 0.5) is 5.82 Å². The van der Waals surface area contributed by atoms with Gasteiger partial charge in [0.15, 0.2) is 0 Å². The molecule has 1 aromatic heterocycles. The van der Waals surface area contributed by atoms with Crippen molar-refractivity contribution in [2.45, 2.75) is 57.6 Å². The zero-order valence-electron chi connectivity index (χ0n) is 12.5. The van der Waals surface area contributed by atoms with Crippen LogP contribution in [0.5, 0.6) is 0 Å². The number of rotatable bonds is 4. The Kier molecular flexibility index (Phi) is 4.71. The molecule has 0 bridgehead atoms. The quantitative estimate of drug-likeness (QED) is 0.898. The van der Waals surface area contributed by atoms with Crippen LogP contribution < -0.4 is 5.32 Å². The van der Waals surface area contributed by atoms with E-state index in [0.717, 1.165) is 30.3 Å². The van der Waals surface area contributed by atoms with Gasteiger partial charge in [0.05, 0.1) is 10.9 Å². The Morgan fingerprint density at radius 3 is 2.74 bits per heavy atom. The van der Waals surface area contributed by atoms with Gasteiger partial charge in [-0.2, -0.15) is 11.8 Å². The molecule has 2 rings (SSSR count). The highest BCUT2D eigenvalue weighted by molar-refractivity contribution is 7.99. The van der Waals surface area contributed by atoms with Crippen LogP contribution in [0.25, 0.3) is 0 Å². The molecule has 0 spiro atoms. The normalized spacial score (nSPS) is 19.7. The summed E-state index contributed by atoms with van der Waals surface area (Å²) in [7, 11) is 0. The van der Waals surface area contributed by atoms with Crippen LogP contribution in [0.3, 0.4) is 0 Å². The fourth-order valence-electron chi connectivity index (χ4n) is 2.12. The Hall–Kier alpha value is -0.770. The molecule has 1 atom stereocenters. The maximum atomic E-state index is 4.82. The van der Waals surface area contributed by atoms with Crippen molar-refractivity contribution in [2.75, 3.05) is 17.6 Å². The SMILES string of the molecule is CCCNc1cc(C(C)(C)C)nc(C2CCCS2)n1. The van der Waals surface area contributed by atoms with Gasteiger partial charge in [0.2, 0.25) is 0 Å². The van der Waals surface area contributed by atoms with E-state index in [2.05, 4.69) is 39.1 Å². The van der Waals surface area contributed by atoms with Crippen LogP contribution in [-0.2, 0) is 5.41 Å². The van der Waals surface area contributed by atoms with Gasteiger partial charge in [-0.05, 0) is 25.0 Å². The van der Waals surface area contributed by atoms with E-state index in [-0.39, 0.29) is 5.41 Å². The number of anilines is 1. The summed E-state index contributed by atoms with van der Waals surface area (Å²) in [5.74, 6) is 3.25. The predicted octanol–water partition coefficient (Wildman–Crippen LogP) is 4.16. The lowest BCUT2D eigenvalue weighted by molar-refractivity contribution is 0.560. The zero-order chi connectivity index (χ0) is 13.9. The summed E-state index contributed by atoms with van der Waals surface area (Å²) < 4.78 is 0. The van der Waals surface area contributed by atoms with Gasteiger partial charge in [0, 0.05) is 18.0 Å². The average Bonchev–Trinajstić information content (AvgIpc) is 2.89. The van der Waals surface area contributed by atoms with Crippen LogP contribution in [-0.4, -0.2) is 22.3 Å². The molecule has 19 heavy (non-hydrogen) atoms. The minimum atomic E-state index is 0.0730. The third kappa shape index (κ3) is 3.85. The lowest BCUT2D eigenvalue weighted by atomic mass is 9.92. The fourth-order valence-corrected chi connectivity index (χ4v) is 3.32. The molecule has 0 radical (unpaired) electrons. The summed E-state index contributed by atoms with van der Waals surface area (Å²) in [5, 5.41) is 3.90. The largest absolute Gasteiger partial charge is 0.370 e. The molecule has 0 aliphatic carbocycles. The first-order valence-electron chi connectivity index (χ1n) is 7.25. The van der Waals surface area contributed by atoms with Crippen molar-refractivity contribution in [1.29, 1.82) is 0 Å². The molecular weight excluding hydrogens is 254 g/mol. The molecule has 4 heteroatoms. The minimum absolute atomic E-state index is 0.0730. The summed E-state index contributed by atoms with van der Waals surface area (Å²) >= 11 is 1.99. The van der Waals surface area contributed by atoms with Gasteiger partial charge in [0.25, 0.3) is 0 Å². The third-order valence-electron chi connectivity index (χ3n) is 3.29. The lowest BCUT2D eigenvalue weighted by Crippen LogP contribution is -2.17. The predicted molar refractivity (Wildman–Crippen MR) is 83.9 cm³/mol. The van der Waals surface area contributed by atoms with Gasteiger partial charge >= 0.3 is 0 Å². The summed E-state index contributed by atoms with van der Waals surface area (Å²) in [6.45, 7) is 9.78. The van der Waals surface area contributed by atoms with Crippen molar-refractivity contribution in [3.8, 4) is 0 Å². The molecule has 1 N–H and O–H groups in total. The second-order valence-electron chi connectivity index (χ2n) is 6.18. The molecule has 1 aliphatic heterocycles. The van der Waals surface area contributed by atoms with Crippen LogP contribution in [0.1, 0.15) is 63.7 Å². The molecule has 1 aromatic rings. The van der Waals surface area contributed by atoms with Crippen molar-refractivity contribution < 1.29 is 0 Å². The van der Waals surface area contributed by atoms with Crippen molar-refractivity contribution >= 4 is 17.6 Å². The van der Waals surface area contributed by atoms with E-state index < -0.39 is 0 Å². The first-order chi connectivity index (χ1) is 9.00. The van der Waals surface area contributed by atoms with E-state index in [4.69, 9.17) is 9.97 Å². The monoisotopic (exact) mass is 279 g/mol. The highest BCUT2D eigenvalue weighted by Gasteiger charge is 2.24. The number of nitrogens with zero attached hydrogens (tertiary/aromatic N) is 2. The molecular formula is C15H25N3S. The maximum absolute atomic E-state index is 4.82. The van der Waals surface area contributed by atoms with E-state index in [1.807, 2.05) is 11.8 Å². The van der Waals surface area contributed by atoms with Crippen LogP contribution >= 0.6 is 11.8 Å². The molecule has 1 unspecified atom stereocenters. The second-order valence-corrected chi connectivity index (χ2v) is 7.49. The Labute approximate surface area is 121 Å². The average molecular weight is 279 g/mol. The van der Waals surface area contributed by atoms with Crippen molar-refractivity contribution in [1.82, 2.24) is 9.97 Å². The minimum Gasteiger partial charge on any atom is -0.370 e. The van der Waals surface area contributed by atoms with Crippen molar-refractivity contribution in [2.24, 2.45) is 0 Å². The smallest absolute Gasteiger partial charge is 0.143 e. The maximum Gasteiger partial charge on any atom is 0.143 e. The molecule has 0 amide bonds. The molecule has 1 aliphatic rings. The standard InChI is InChI=1S/C15H25N3S/c1-5-8-16-13-10-12(15(2,3)4)17-14(18-13)11-7-6-9-19-11/h10-11H,5-9H2,1-4H3,(H,16,17,18). The Morgan fingerprint density at radius 1 is 1.37 bits per heavy atom. The van der Waals surface area contributed by atoms with Crippen molar-refractivity contribution in [3.63, 3.8) is 0 Å². The fraction of sp³-hybridized carbons (Fsp3) is 0.733. The van der Waals surface area contributed by atoms with Gasteiger partial charge in [0.1, 0.15) is 11.6 Å². The van der Waals surface area contributed by atoms with Gasteiger partial charge in [-0.25, -0.2) is 9.97 Å². The number of hydrogen-bond acceptors (Lipinski definition) is 4. The molecule has 106 valence electrons. The Bertz CT molecular complexity index is 420. The summed E-state index contributed by atoms with van der Waals surface area (Å²) in [4.78, 5) is 9.55. The number of hydrogen-bond donors (Lipinski definition) is 1. The zero-order valence-corrected chi connectivity index (χ0v) is 13.3. The topological polar surface area (TPSA) is 37.8 Å². The van der Waals surface area contributed by atoms with Gasteiger partial charge in [-0.1, -0.05) is 27.7 Å². The summed E-state index contributed by atoms with van der Waals surface area (Å²) in [6.07, 6.45) is 3.62. The first-order valence-corrected chi connectivity index (χ1v) is 8.30. The molecule has 1 fully saturated rings. The van der Waals surface area contributed by atoms with E-state index in [1.165, 1.54) is 18.6 Å². The van der Waals surface area contributed by atoms with Crippen LogP contribution in [0.2, 0.25) is 0 Å². The molecule has 2 heterocycles. The van der Waals surface area contributed by atoms with Gasteiger partial charge in [-0.15, -0.1) is 0 Å². The summed E-state index contributed by atoms with van der Waals surface area (Å²) in [5.41, 5.74) is 1.22. The highest BCUT2D eigenvalue weighted by Crippen LogP contribution is 2.39. The number of aromatic nitrogens is 2. The Balaban J connectivity index is 2.30. The van der Waals surface area contributed by atoms with E-state index in [9.17, 15) is 0 Å². The van der Waals surface area contributed by atoms with Crippen LogP contribution in [0.15, 0.2) is 6.07 Å². The third-order valence-corrected chi connectivity index (χ3v) is 4.66. The summed E-state index contributed by atoms with van der Waals surface area (Å²) in [6, 6.07) is 2.11. The molecule has 0 aromatic carbocycles. The van der Waals surface area contributed by atoms with Gasteiger partial charge < -0.3 is 5.32 Å². The molecule has 3 nitrogen and oxygen atoms in total. The van der Waals surface area contributed by atoms with Crippen LogP contribution in [0, 0.1) is 0 Å². The Morgan fingerprint density at radius 2 is 2.16 bits per heavy atom. The molecule has 0 saturated carbocycles. The molecule has 1 saturated heterocycles. The van der Waals surface area contributed by atoms with E-state index in [0.29, 0.717) is 5.25 Å². The van der Waals surface area contributed by atoms with E-state index in [1.54, 1.807) is 0 Å². The lowest BCUT2D eigenvalue weighted by Gasteiger charge is -2.21. The van der Waals surface area contributed by atoms with Gasteiger partial charge in [-0.3, -0.25) is 0 Å². The first kappa shape index (κ1) is 14.6. The highest BCUT2D eigenvalue weighted by atomic mass is 32.2. The number of nitrogens with one attached hydrogen (secondary N) is 1. The number of thioether (sulfide) groups is 1. The second kappa shape index (κ2) is 6.12. The van der Waals surface area contributed by atoms with Crippen molar-refractivity contribution in [3.05, 3.63) is 17.6 Å².